The van der Waals surface area contributed by atoms with Crippen LogP contribution in [0.2, 0.25) is 0 Å². The number of hydrogen-bond acceptors (Lipinski definition) is 3. The Balaban J connectivity index is 3.08. The molecule has 0 radical (unpaired) electrons. The van der Waals surface area contributed by atoms with E-state index in [9.17, 15) is 13.6 Å². The summed E-state index contributed by atoms with van der Waals surface area (Å²) in [5.74, 6) is -2.71. The molecule has 5 heteroatoms. The van der Waals surface area contributed by atoms with Crippen LogP contribution in [-0.2, 0) is 11.3 Å². The normalized spacial score (nSPS) is 10.1. The zero-order chi connectivity index (χ0) is 11.4. The summed E-state index contributed by atoms with van der Waals surface area (Å²) in [7, 11) is 0. The van der Waals surface area contributed by atoms with Gasteiger partial charge < -0.3 is 9.84 Å². The molecule has 0 heterocycles. The van der Waals surface area contributed by atoms with E-state index in [2.05, 4.69) is 4.74 Å². The van der Waals surface area contributed by atoms with Crippen molar-refractivity contribution in [2.45, 2.75) is 13.5 Å². The molecule has 3 nitrogen and oxygen atoms in total. The molecule has 0 aliphatic carbocycles. The van der Waals surface area contributed by atoms with Gasteiger partial charge in [-0.2, -0.15) is 0 Å². The SMILES string of the molecule is CCOC(=O)c1cc(F)c(CO)c(F)c1. The maximum Gasteiger partial charge on any atom is 0.338 e. The quantitative estimate of drug-likeness (QED) is 0.781. The highest BCUT2D eigenvalue weighted by atomic mass is 19.1. The van der Waals surface area contributed by atoms with Crippen molar-refractivity contribution in [3.8, 4) is 0 Å². The Morgan fingerprint density at radius 2 is 1.93 bits per heavy atom. The first kappa shape index (κ1) is 11.6. The van der Waals surface area contributed by atoms with Crippen molar-refractivity contribution in [2.75, 3.05) is 6.61 Å². The first-order valence-electron chi connectivity index (χ1n) is 4.36. The van der Waals surface area contributed by atoms with Crippen LogP contribution < -0.4 is 0 Å². The molecule has 0 fully saturated rings. The average Bonchev–Trinajstić information content (AvgIpc) is 2.17. The molecule has 0 aliphatic heterocycles. The van der Waals surface area contributed by atoms with Gasteiger partial charge in [-0.15, -0.1) is 0 Å². The van der Waals surface area contributed by atoms with Gasteiger partial charge in [0.15, 0.2) is 0 Å². The zero-order valence-electron chi connectivity index (χ0n) is 8.09. The number of ether oxygens (including phenoxy) is 1. The van der Waals surface area contributed by atoms with Gasteiger partial charge in [0, 0.05) is 5.56 Å². The second-order valence-electron chi connectivity index (χ2n) is 2.80. The van der Waals surface area contributed by atoms with Gasteiger partial charge in [0.25, 0.3) is 0 Å². The lowest BCUT2D eigenvalue weighted by Gasteiger charge is -2.05. The third-order valence-corrected chi connectivity index (χ3v) is 1.81. The van der Waals surface area contributed by atoms with Crippen molar-refractivity contribution in [3.63, 3.8) is 0 Å². The molecule has 0 bridgehead atoms. The van der Waals surface area contributed by atoms with Gasteiger partial charge in [-0.05, 0) is 19.1 Å². The monoisotopic (exact) mass is 216 g/mol. The Morgan fingerprint density at radius 1 is 1.40 bits per heavy atom. The van der Waals surface area contributed by atoms with Crippen molar-refractivity contribution in [1.29, 1.82) is 0 Å². The number of esters is 1. The molecule has 0 saturated heterocycles. The smallest absolute Gasteiger partial charge is 0.338 e. The highest BCUT2D eigenvalue weighted by molar-refractivity contribution is 5.89. The molecule has 1 aromatic carbocycles. The molecule has 0 unspecified atom stereocenters. The number of carbonyl (C=O) groups excluding carboxylic acids is 1. The van der Waals surface area contributed by atoms with E-state index in [1.54, 1.807) is 6.92 Å². The van der Waals surface area contributed by atoms with Crippen molar-refractivity contribution in [2.24, 2.45) is 0 Å². The fourth-order valence-corrected chi connectivity index (χ4v) is 1.09. The van der Waals surface area contributed by atoms with E-state index >= 15 is 0 Å². The summed E-state index contributed by atoms with van der Waals surface area (Å²) in [5.41, 5.74) is -0.660. The number of rotatable bonds is 3. The number of aliphatic hydroxyl groups is 1. The highest BCUT2D eigenvalue weighted by Crippen LogP contribution is 2.16. The van der Waals surface area contributed by atoms with Gasteiger partial charge in [0.2, 0.25) is 0 Å². The molecular formula is C10H10F2O3. The fourth-order valence-electron chi connectivity index (χ4n) is 1.09. The first-order chi connectivity index (χ1) is 7.10. The minimum atomic E-state index is -0.958. The van der Waals surface area contributed by atoms with E-state index < -0.39 is 29.8 Å². The van der Waals surface area contributed by atoms with Gasteiger partial charge in [-0.25, -0.2) is 13.6 Å². The molecule has 0 atom stereocenters. The van der Waals surface area contributed by atoms with Gasteiger partial charge in [-0.1, -0.05) is 0 Å². The predicted octanol–water partition coefficient (Wildman–Crippen LogP) is 1.63. The van der Waals surface area contributed by atoms with Crippen LogP contribution in [0.1, 0.15) is 22.8 Å². The van der Waals surface area contributed by atoms with Gasteiger partial charge >= 0.3 is 5.97 Å². The molecule has 0 amide bonds. The van der Waals surface area contributed by atoms with Gasteiger partial charge in [0.1, 0.15) is 11.6 Å². The van der Waals surface area contributed by atoms with Gasteiger partial charge in [0.05, 0.1) is 18.8 Å². The topological polar surface area (TPSA) is 46.5 Å². The minimum Gasteiger partial charge on any atom is -0.462 e. The predicted molar refractivity (Wildman–Crippen MR) is 48.2 cm³/mol. The standard InChI is InChI=1S/C10H10F2O3/c1-2-15-10(14)6-3-8(11)7(5-13)9(12)4-6/h3-4,13H,2,5H2,1H3. The van der Waals surface area contributed by atoms with E-state index in [1.165, 1.54) is 0 Å². The Labute approximate surface area is 85.3 Å². The summed E-state index contributed by atoms with van der Waals surface area (Å²) in [6.07, 6.45) is 0. The summed E-state index contributed by atoms with van der Waals surface area (Å²) < 4.78 is 30.8. The second-order valence-corrected chi connectivity index (χ2v) is 2.80. The van der Waals surface area contributed by atoms with Gasteiger partial charge in [-0.3, -0.25) is 0 Å². The van der Waals surface area contributed by atoms with Crippen LogP contribution >= 0.6 is 0 Å². The lowest BCUT2D eigenvalue weighted by atomic mass is 10.1. The third-order valence-electron chi connectivity index (χ3n) is 1.81. The van der Waals surface area contributed by atoms with Crippen LogP contribution in [0.3, 0.4) is 0 Å². The number of carbonyl (C=O) groups is 1. The third kappa shape index (κ3) is 2.50. The minimum absolute atomic E-state index is 0.129. The Kier molecular flexibility index (Phi) is 3.74. The van der Waals surface area contributed by atoms with Crippen LogP contribution in [0.5, 0.6) is 0 Å². The maximum atomic E-state index is 13.1. The summed E-state index contributed by atoms with van der Waals surface area (Å²) in [6.45, 7) is 0.970. The number of benzene rings is 1. The van der Waals surface area contributed by atoms with Crippen LogP contribution in [0.15, 0.2) is 12.1 Å². The molecular weight excluding hydrogens is 206 g/mol. The molecule has 82 valence electrons. The Hall–Kier alpha value is -1.49. The van der Waals surface area contributed by atoms with Crippen molar-refractivity contribution in [1.82, 2.24) is 0 Å². The fraction of sp³-hybridized carbons (Fsp3) is 0.300. The van der Waals surface area contributed by atoms with E-state index in [0.717, 1.165) is 12.1 Å². The van der Waals surface area contributed by atoms with E-state index in [-0.39, 0.29) is 12.2 Å². The molecule has 0 aromatic heterocycles. The molecule has 1 aromatic rings. The summed E-state index contributed by atoms with van der Waals surface area (Å²) >= 11 is 0. The summed E-state index contributed by atoms with van der Waals surface area (Å²) in [4.78, 5) is 11.1. The summed E-state index contributed by atoms with van der Waals surface area (Å²) in [5, 5.41) is 8.64. The molecule has 1 rings (SSSR count). The molecule has 0 saturated carbocycles. The highest BCUT2D eigenvalue weighted by Gasteiger charge is 2.14. The van der Waals surface area contributed by atoms with E-state index in [4.69, 9.17) is 5.11 Å². The summed E-state index contributed by atoms with van der Waals surface area (Å²) in [6, 6.07) is 1.68. The molecule has 1 N–H and O–H groups in total. The number of aliphatic hydroxyl groups excluding tert-OH is 1. The largest absolute Gasteiger partial charge is 0.462 e. The number of hydrogen-bond donors (Lipinski definition) is 1. The zero-order valence-corrected chi connectivity index (χ0v) is 8.09. The van der Waals surface area contributed by atoms with Crippen molar-refractivity contribution in [3.05, 3.63) is 34.9 Å². The van der Waals surface area contributed by atoms with Crippen LogP contribution in [0, 0.1) is 11.6 Å². The Bertz CT molecular complexity index is 354. The van der Waals surface area contributed by atoms with Crippen molar-refractivity contribution >= 4 is 5.97 Å². The maximum absolute atomic E-state index is 13.1. The lowest BCUT2D eigenvalue weighted by molar-refractivity contribution is 0.0525. The van der Waals surface area contributed by atoms with Crippen molar-refractivity contribution < 1.29 is 23.4 Å². The van der Waals surface area contributed by atoms with Crippen LogP contribution in [-0.4, -0.2) is 17.7 Å². The van der Waals surface area contributed by atoms with Crippen LogP contribution in [0.4, 0.5) is 8.78 Å². The second kappa shape index (κ2) is 4.84. The van der Waals surface area contributed by atoms with Crippen LogP contribution in [0.25, 0.3) is 0 Å². The molecule has 0 aliphatic rings. The molecule has 15 heavy (non-hydrogen) atoms. The lowest BCUT2D eigenvalue weighted by Crippen LogP contribution is -2.07. The number of halogens is 2. The van der Waals surface area contributed by atoms with E-state index in [1.807, 2.05) is 0 Å². The van der Waals surface area contributed by atoms with E-state index in [0.29, 0.717) is 0 Å². The average molecular weight is 216 g/mol. The first-order valence-corrected chi connectivity index (χ1v) is 4.36. The Morgan fingerprint density at radius 3 is 2.33 bits per heavy atom. The molecule has 0 spiro atoms.